The normalized spacial score (nSPS) is 26.1. The zero-order valence-electron chi connectivity index (χ0n) is 14.2. The summed E-state index contributed by atoms with van der Waals surface area (Å²) in [5.74, 6) is 0. The van der Waals surface area contributed by atoms with Crippen molar-refractivity contribution >= 4 is 0 Å². The van der Waals surface area contributed by atoms with Crippen molar-refractivity contribution in [3.05, 3.63) is 0 Å². The third-order valence-electron chi connectivity index (χ3n) is 4.50. The minimum absolute atomic E-state index is 0.134. The molecule has 1 rings (SSSR count). The molecule has 21 heavy (non-hydrogen) atoms. The monoisotopic (exact) mass is 302 g/mol. The molecule has 1 heterocycles. The average molecular weight is 302 g/mol. The zero-order valence-corrected chi connectivity index (χ0v) is 14.2. The molecule has 0 radical (unpaired) electrons. The molecule has 0 aromatic heterocycles. The van der Waals surface area contributed by atoms with Crippen LogP contribution in [0.1, 0.15) is 39.5 Å². The van der Waals surface area contributed by atoms with Gasteiger partial charge in [0.25, 0.3) is 0 Å². The fourth-order valence-electron chi connectivity index (χ4n) is 2.95. The molecule has 0 bridgehead atoms. The maximum Gasteiger partial charge on any atom is 0.0971 e. The van der Waals surface area contributed by atoms with Gasteiger partial charge in [0.1, 0.15) is 0 Å². The number of nitrogens with one attached hydrogen (secondary N) is 1. The minimum Gasteiger partial charge on any atom is -0.394 e. The highest BCUT2D eigenvalue weighted by Crippen LogP contribution is 2.18. The standard InChI is InChI=1S/C16H34N2O3/c1-5-9-17-16(2,13-19)8-6-7-10-18-11-14(20-3)15(12-18)21-4/h14-15,17,19H,5-13H2,1-4H3. The highest BCUT2D eigenvalue weighted by atomic mass is 16.5. The Bertz CT molecular complexity index is 266. The highest BCUT2D eigenvalue weighted by Gasteiger charge is 2.32. The molecule has 0 spiro atoms. The van der Waals surface area contributed by atoms with Crippen LogP contribution in [0.4, 0.5) is 0 Å². The van der Waals surface area contributed by atoms with Crippen molar-refractivity contribution in [2.45, 2.75) is 57.3 Å². The first kappa shape index (κ1) is 18.8. The highest BCUT2D eigenvalue weighted by molar-refractivity contribution is 4.86. The molecule has 0 aromatic rings. The number of unbranched alkanes of at least 4 members (excludes halogenated alkanes) is 1. The summed E-state index contributed by atoms with van der Waals surface area (Å²) >= 11 is 0. The third-order valence-corrected chi connectivity index (χ3v) is 4.50. The maximum absolute atomic E-state index is 9.55. The molecule has 0 aliphatic carbocycles. The second-order valence-corrected chi connectivity index (χ2v) is 6.41. The number of aliphatic hydroxyl groups is 1. The van der Waals surface area contributed by atoms with Crippen molar-refractivity contribution in [1.29, 1.82) is 0 Å². The summed E-state index contributed by atoms with van der Waals surface area (Å²) in [5, 5.41) is 13.0. The molecule has 1 saturated heterocycles. The Morgan fingerprint density at radius 2 is 1.81 bits per heavy atom. The molecular formula is C16H34N2O3. The molecule has 5 nitrogen and oxygen atoms in total. The Hall–Kier alpha value is -0.200. The first-order valence-corrected chi connectivity index (χ1v) is 8.22. The molecule has 1 aliphatic rings. The molecule has 3 unspecified atom stereocenters. The van der Waals surface area contributed by atoms with Crippen LogP contribution in [0.3, 0.4) is 0 Å². The predicted molar refractivity (Wildman–Crippen MR) is 85.7 cm³/mol. The minimum atomic E-state index is -0.134. The largest absolute Gasteiger partial charge is 0.394 e. The van der Waals surface area contributed by atoms with Crippen molar-refractivity contribution in [1.82, 2.24) is 10.2 Å². The van der Waals surface area contributed by atoms with Crippen LogP contribution in [0, 0.1) is 0 Å². The first-order valence-electron chi connectivity index (χ1n) is 8.22. The predicted octanol–water partition coefficient (Wildman–Crippen LogP) is 1.25. The van der Waals surface area contributed by atoms with Gasteiger partial charge in [0, 0.05) is 32.8 Å². The van der Waals surface area contributed by atoms with E-state index in [1.807, 2.05) is 0 Å². The summed E-state index contributed by atoms with van der Waals surface area (Å²) in [6.45, 7) is 8.43. The van der Waals surface area contributed by atoms with E-state index in [2.05, 4.69) is 24.1 Å². The summed E-state index contributed by atoms with van der Waals surface area (Å²) in [6.07, 6.45) is 4.78. The topological polar surface area (TPSA) is 54.0 Å². The molecule has 1 fully saturated rings. The van der Waals surface area contributed by atoms with E-state index in [1.165, 1.54) is 0 Å². The Balaban J connectivity index is 2.22. The summed E-state index contributed by atoms with van der Waals surface area (Å²) in [4.78, 5) is 2.41. The number of likely N-dealkylation sites (tertiary alicyclic amines) is 1. The molecule has 0 aromatic carbocycles. The van der Waals surface area contributed by atoms with Gasteiger partial charge in [0.15, 0.2) is 0 Å². The first-order chi connectivity index (χ1) is 10.1. The maximum atomic E-state index is 9.55. The van der Waals surface area contributed by atoms with Crippen molar-refractivity contribution in [2.24, 2.45) is 0 Å². The molecular weight excluding hydrogens is 268 g/mol. The fraction of sp³-hybridized carbons (Fsp3) is 1.00. The Morgan fingerprint density at radius 3 is 2.29 bits per heavy atom. The van der Waals surface area contributed by atoms with Gasteiger partial charge in [-0.05, 0) is 39.3 Å². The van der Waals surface area contributed by atoms with E-state index in [9.17, 15) is 5.11 Å². The van der Waals surface area contributed by atoms with Gasteiger partial charge in [-0.3, -0.25) is 4.90 Å². The second-order valence-electron chi connectivity index (χ2n) is 6.41. The lowest BCUT2D eigenvalue weighted by molar-refractivity contribution is -0.00461. The van der Waals surface area contributed by atoms with E-state index in [-0.39, 0.29) is 24.4 Å². The molecule has 1 aliphatic heterocycles. The second kappa shape index (κ2) is 9.74. The van der Waals surface area contributed by atoms with Crippen molar-refractivity contribution in [3.8, 4) is 0 Å². The number of aliphatic hydroxyl groups excluding tert-OH is 1. The summed E-state index contributed by atoms with van der Waals surface area (Å²) in [5.41, 5.74) is -0.134. The lowest BCUT2D eigenvalue weighted by Gasteiger charge is -2.29. The molecule has 0 amide bonds. The van der Waals surface area contributed by atoms with Crippen LogP contribution in [-0.2, 0) is 9.47 Å². The lowest BCUT2D eigenvalue weighted by Crippen LogP contribution is -2.46. The quantitative estimate of drug-likeness (QED) is 0.563. The Morgan fingerprint density at radius 1 is 1.19 bits per heavy atom. The number of hydrogen-bond donors (Lipinski definition) is 2. The number of rotatable bonds is 11. The number of methoxy groups -OCH3 is 2. The van der Waals surface area contributed by atoms with Crippen molar-refractivity contribution < 1.29 is 14.6 Å². The van der Waals surface area contributed by atoms with Crippen LogP contribution in [0.15, 0.2) is 0 Å². The van der Waals surface area contributed by atoms with E-state index in [0.29, 0.717) is 0 Å². The molecule has 5 heteroatoms. The van der Waals surface area contributed by atoms with E-state index >= 15 is 0 Å². The van der Waals surface area contributed by atoms with E-state index in [0.717, 1.165) is 51.9 Å². The summed E-state index contributed by atoms with van der Waals surface area (Å²) < 4.78 is 10.9. The van der Waals surface area contributed by atoms with Crippen molar-refractivity contribution in [2.75, 3.05) is 47.0 Å². The fourth-order valence-corrected chi connectivity index (χ4v) is 2.95. The van der Waals surface area contributed by atoms with Crippen LogP contribution in [0.5, 0.6) is 0 Å². The van der Waals surface area contributed by atoms with Gasteiger partial charge in [0.2, 0.25) is 0 Å². The lowest BCUT2D eigenvalue weighted by atomic mass is 9.95. The number of ether oxygens (including phenoxy) is 2. The van der Waals surface area contributed by atoms with Crippen LogP contribution in [-0.4, -0.2) is 74.8 Å². The molecule has 0 saturated carbocycles. The summed E-state index contributed by atoms with van der Waals surface area (Å²) in [6, 6.07) is 0. The van der Waals surface area contributed by atoms with Gasteiger partial charge in [-0.15, -0.1) is 0 Å². The Labute approximate surface area is 130 Å². The number of hydrogen-bond acceptors (Lipinski definition) is 5. The van der Waals surface area contributed by atoms with Gasteiger partial charge in [-0.25, -0.2) is 0 Å². The van der Waals surface area contributed by atoms with E-state index in [4.69, 9.17) is 9.47 Å². The molecule has 2 N–H and O–H groups in total. The van der Waals surface area contributed by atoms with E-state index < -0.39 is 0 Å². The van der Waals surface area contributed by atoms with Crippen LogP contribution in [0.25, 0.3) is 0 Å². The van der Waals surface area contributed by atoms with Gasteiger partial charge in [0.05, 0.1) is 18.8 Å². The zero-order chi connectivity index (χ0) is 15.7. The molecule has 3 atom stereocenters. The third kappa shape index (κ3) is 6.20. The Kier molecular flexibility index (Phi) is 8.74. The SMILES string of the molecule is CCCNC(C)(CO)CCCCN1CC(OC)C(OC)C1. The van der Waals surface area contributed by atoms with E-state index in [1.54, 1.807) is 14.2 Å². The van der Waals surface area contributed by atoms with Gasteiger partial charge in [-0.2, -0.15) is 0 Å². The van der Waals surface area contributed by atoms with Gasteiger partial charge in [-0.1, -0.05) is 13.3 Å². The smallest absolute Gasteiger partial charge is 0.0971 e. The average Bonchev–Trinajstić information content (AvgIpc) is 2.92. The van der Waals surface area contributed by atoms with Crippen LogP contribution < -0.4 is 5.32 Å². The molecule has 126 valence electrons. The number of nitrogens with zero attached hydrogens (tertiary/aromatic N) is 1. The van der Waals surface area contributed by atoms with Gasteiger partial charge < -0.3 is 19.9 Å². The van der Waals surface area contributed by atoms with Crippen LogP contribution >= 0.6 is 0 Å². The van der Waals surface area contributed by atoms with Crippen LogP contribution in [0.2, 0.25) is 0 Å². The summed E-state index contributed by atoms with van der Waals surface area (Å²) in [7, 11) is 3.51. The van der Waals surface area contributed by atoms with Gasteiger partial charge >= 0.3 is 0 Å². The van der Waals surface area contributed by atoms with Crippen molar-refractivity contribution in [3.63, 3.8) is 0 Å².